The van der Waals surface area contributed by atoms with Gasteiger partial charge in [-0.15, -0.1) is 0 Å². The van der Waals surface area contributed by atoms with Crippen LogP contribution in [0.1, 0.15) is 16.1 Å². The smallest absolute Gasteiger partial charge is 0.335 e. The first kappa shape index (κ1) is 9.89. The summed E-state index contributed by atoms with van der Waals surface area (Å²) >= 11 is 0. The van der Waals surface area contributed by atoms with E-state index in [4.69, 9.17) is 5.11 Å². The van der Waals surface area contributed by atoms with Gasteiger partial charge < -0.3 is 15.0 Å². The lowest BCUT2D eigenvalue weighted by Gasteiger charge is -2.10. The van der Waals surface area contributed by atoms with Crippen LogP contribution in [-0.4, -0.2) is 27.2 Å². The molecule has 0 fully saturated rings. The summed E-state index contributed by atoms with van der Waals surface area (Å²) in [5, 5.41) is 12.3. The molecule has 1 aromatic heterocycles. The van der Waals surface area contributed by atoms with Gasteiger partial charge in [0.2, 0.25) is 0 Å². The van der Waals surface area contributed by atoms with E-state index in [0.29, 0.717) is 0 Å². The zero-order chi connectivity index (χ0) is 11.8. The summed E-state index contributed by atoms with van der Waals surface area (Å²) in [5.74, 6) is -0.918. The van der Waals surface area contributed by atoms with Crippen LogP contribution in [0.3, 0.4) is 0 Å². The zero-order valence-corrected chi connectivity index (χ0v) is 9.05. The molecule has 0 amide bonds. The Kier molecular flexibility index (Phi) is 2.11. The summed E-state index contributed by atoms with van der Waals surface area (Å²) in [4.78, 5) is 15.1. The van der Waals surface area contributed by atoms with Crippen LogP contribution in [0.5, 0.6) is 0 Å². The first-order valence-electron chi connectivity index (χ1n) is 5.38. The maximum Gasteiger partial charge on any atom is 0.335 e. The minimum absolute atomic E-state index is 0.284. The fourth-order valence-electron chi connectivity index (χ4n) is 2.06. The summed E-state index contributed by atoms with van der Waals surface area (Å²) in [6.07, 6.45) is 4.40. The molecule has 0 saturated heterocycles. The number of carboxylic acids is 1. The number of fused-ring (bicyclic) bond motifs is 3. The maximum absolute atomic E-state index is 11.0. The van der Waals surface area contributed by atoms with Crippen LogP contribution in [0.4, 0.5) is 5.69 Å². The molecule has 0 saturated carbocycles. The second-order valence-corrected chi connectivity index (χ2v) is 3.97. The second kappa shape index (κ2) is 3.62. The Bertz CT molecular complexity index is 589. The molecule has 0 unspecified atom stereocenters. The highest BCUT2D eigenvalue weighted by atomic mass is 16.4. The van der Waals surface area contributed by atoms with Gasteiger partial charge in [0.15, 0.2) is 0 Å². The summed E-state index contributed by atoms with van der Waals surface area (Å²) in [5.41, 5.74) is 3.15. The quantitative estimate of drug-likeness (QED) is 0.778. The van der Waals surface area contributed by atoms with E-state index >= 15 is 0 Å². The number of aromatic carboxylic acids is 1. The van der Waals surface area contributed by atoms with Crippen LogP contribution in [0, 0.1) is 0 Å². The zero-order valence-electron chi connectivity index (χ0n) is 9.05. The molecule has 0 aliphatic carbocycles. The number of carboxylic acid groups (broad SMARTS) is 1. The molecule has 1 aliphatic rings. The van der Waals surface area contributed by atoms with E-state index in [9.17, 15) is 4.79 Å². The van der Waals surface area contributed by atoms with Crippen molar-refractivity contribution < 1.29 is 9.90 Å². The lowest BCUT2D eigenvalue weighted by molar-refractivity contribution is 0.0697. The van der Waals surface area contributed by atoms with Crippen LogP contribution >= 0.6 is 0 Å². The normalized spacial score (nSPS) is 13.2. The molecule has 2 aromatic rings. The molecule has 2 heterocycles. The van der Waals surface area contributed by atoms with Crippen molar-refractivity contribution in [2.75, 3.05) is 11.9 Å². The molecule has 1 aromatic carbocycles. The predicted octanol–water partition coefficient (Wildman–Crippen LogP) is 1.54. The number of carbonyl (C=O) groups is 1. The van der Waals surface area contributed by atoms with Gasteiger partial charge in [-0.05, 0) is 18.2 Å². The van der Waals surface area contributed by atoms with E-state index in [1.54, 1.807) is 24.5 Å². The highest BCUT2D eigenvalue weighted by Crippen LogP contribution is 2.26. The highest BCUT2D eigenvalue weighted by molar-refractivity contribution is 5.89. The van der Waals surface area contributed by atoms with Crippen LogP contribution in [0.2, 0.25) is 0 Å². The molecular weight excluding hydrogens is 218 g/mol. The first-order chi connectivity index (χ1) is 8.25. The Labute approximate surface area is 97.7 Å². The molecule has 3 rings (SSSR count). The lowest BCUT2D eigenvalue weighted by Crippen LogP contribution is -2.03. The number of imidazole rings is 1. The van der Waals surface area contributed by atoms with Gasteiger partial charge in [0.1, 0.15) is 0 Å². The Balaban J connectivity index is 2.22. The van der Waals surface area contributed by atoms with Crippen molar-refractivity contribution in [3.8, 4) is 5.69 Å². The fourth-order valence-corrected chi connectivity index (χ4v) is 2.06. The molecule has 5 nitrogen and oxygen atoms in total. The van der Waals surface area contributed by atoms with E-state index in [-0.39, 0.29) is 5.56 Å². The summed E-state index contributed by atoms with van der Waals surface area (Å²) in [6, 6.07) is 5.07. The van der Waals surface area contributed by atoms with Gasteiger partial charge >= 0.3 is 5.97 Å². The Morgan fingerprint density at radius 2 is 2.35 bits per heavy atom. The number of anilines is 1. The molecule has 86 valence electrons. The van der Waals surface area contributed by atoms with Crippen LogP contribution in [0.25, 0.3) is 5.69 Å². The van der Waals surface area contributed by atoms with Crippen LogP contribution < -0.4 is 5.32 Å². The van der Waals surface area contributed by atoms with Crippen molar-refractivity contribution >= 4 is 11.7 Å². The first-order valence-corrected chi connectivity index (χ1v) is 5.38. The van der Waals surface area contributed by atoms with Crippen LogP contribution in [-0.2, 0) is 6.42 Å². The minimum atomic E-state index is -0.918. The number of hydrogen-bond donors (Lipinski definition) is 2. The predicted molar refractivity (Wildman–Crippen MR) is 62.7 cm³/mol. The van der Waals surface area contributed by atoms with Crippen molar-refractivity contribution in [2.24, 2.45) is 0 Å². The van der Waals surface area contributed by atoms with E-state index in [2.05, 4.69) is 10.3 Å². The average Bonchev–Trinajstić information content (AvgIpc) is 2.71. The average molecular weight is 229 g/mol. The molecule has 0 spiro atoms. The molecule has 1 aliphatic heterocycles. The molecule has 0 radical (unpaired) electrons. The van der Waals surface area contributed by atoms with Crippen molar-refractivity contribution in [1.29, 1.82) is 0 Å². The van der Waals surface area contributed by atoms with Gasteiger partial charge in [-0.2, -0.15) is 0 Å². The third-order valence-electron chi connectivity index (χ3n) is 2.92. The van der Waals surface area contributed by atoms with E-state index in [1.807, 2.05) is 10.8 Å². The Hall–Kier alpha value is -2.30. The Morgan fingerprint density at radius 3 is 3.18 bits per heavy atom. The monoisotopic (exact) mass is 229 g/mol. The van der Waals surface area contributed by atoms with E-state index in [1.165, 1.54) is 0 Å². The van der Waals surface area contributed by atoms with Gasteiger partial charge in [0.05, 0.1) is 23.3 Å². The number of hydrogen-bond acceptors (Lipinski definition) is 3. The summed E-state index contributed by atoms with van der Waals surface area (Å²) in [6.45, 7) is 0.825. The largest absolute Gasteiger partial charge is 0.478 e. The lowest BCUT2D eigenvalue weighted by atomic mass is 10.1. The van der Waals surface area contributed by atoms with Crippen molar-refractivity contribution in [3.05, 3.63) is 42.0 Å². The second-order valence-electron chi connectivity index (χ2n) is 3.97. The molecule has 17 heavy (non-hydrogen) atoms. The highest BCUT2D eigenvalue weighted by Gasteiger charge is 2.15. The fraction of sp³-hybridized carbons (Fsp3) is 0.167. The number of nitrogens with zero attached hydrogens (tertiary/aromatic N) is 2. The molecular formula is C12H11N3O2. The van der Waals surface area contributed by atoms with Crippen molar-refractivity contribution in [2.45, 2.75) is 6.42 Å². The summed E-state index contributed by atoms with van der Waals surface area (Å²) in [7, 11) is 0. The molecule has 2 N–H and O–H groups in total. The van der Waals surface area contributed by atoms with E-state index in [0.717, 1.165) is 30.0 Å². The molecule has 5 heteroatoms. The number of nitrogens with one attached hydrogen (secondary N) is 1. The van der Waals surface area contributed by atoms with Gasteiger partial charge in [0, 0.05) is 24.9 Å². The third-order valence-corrected chi connectivity index (χ3v) is 2.92. The topological polar surface area (TPSA) is 67.1 Å². The third kappa shape index (κ3) is 1.56. The van der Waals surface area contributed by atoms with E-state index < -0.39 is 5.97 Å². The minimum Gasteiger partial charge on any atom is -0.478 e. The Morgan fingerprint density at radius 1 is 1.47 bits per heavy atom. The van der Waals surface area contributed by atoms with Gasteiger partial charge in [-0.3, -0.25) is 0 Å². The van der Waals surface area contributed by atoms with Crippen LogP contribution in [0.15, 0.2) is 30.7 Å². The van der Waals surface area contributed by atoms with Crippen molar-refractivity contribution in [1.82, 2.24) is 9.55 Å². The number of rotatable bonds is 1. The molecule has 0 bridgehead atoms. The summed E-state index contributed by atoms with van der Waals surface area (Å²) < 4.78 is 1.93. The van der Waals surface area contributed by atoms with Gasteiger partial charge in [0.25, 0.3) is 0 Å². The van der Waals surface area contributed by atoms with Crippen molar-refractivity contribution in [3.63, 3.8) is 0 Å². The molecule has 0 atom stereocenters. The number of benzene rings is 1. The standard InChI is InChI=1S/C12H11N3O2/c16-12(17)8-1-2-10-11(5-8)15-7-13-6-9(15)3-4-14-10/h1-2,5-7,14H,3-4H2,(H,16,17). The maximum atomic E-state index is 11.0. The number of aromatic nitrogens is 2. The van der Waals surface area contributed by atoms with Gasteiger partial charge in [-0.25, -0.2) is 9.78 Å². The van der Waals surface area contributed by atoms with Gasteiger partial charge in [-0.1, -0.05) is 0 Å². The SMILES string of the molecule is O=C(O)c1ccc2c(c1)-n1cncc1CCN2.